The molecule has 11 atom stereocenters. The van der Waals surface area contributed by atoms with Crippen LogP contribution in [0.1, 0.15) is 47.0 Å². The summed E-state index contributed by atoms with van der Waals surface area (Å²) in [6.07, 6.45) is 3.77. The zero-order valence-electron chi connectivity index (χ0n) is 22.9. The maximum Gasteiger partial charge on any atom is 0.331 e. The summed E-state index contributed by atoms with van der Waals surface area (Å²) in [7, 11) is 0. The number of epoxide rings is 1. The van der Waals surface area contributed by atoms with E-state index in [0.717, 1.165) is 5.57 Å². The van der Waals surface area contributed by atoms with E-state index in [4.69, 9.17) is 23.7 Å². The van der Waals surface area contributed by atoms with Crippen LogP contribution in [0.2, 0.25) is 0 Å². The van der Waals surface area contributed by atoms with Crippen LogP contribution in [0.15, 0.2) is 36.0 Å². The highest BCUT2D eigenvalue weighted by Gasteiger charge is 2.83. The van der Waals surface area contributed by atoms with E-state index in [1.165, 1.54) is 12.2 Å². The van der Waals surface area contributed by atoms with Crippen LogP contribution in [0.5, 0.6) is 0 Å². The van der Waals surface area contributed by atoms with Crippen molar-refractivity contribution in [3.63, 3.8) is 0 Å². The van der Waals surface area contributed by atoms with Gasteiger partial charge in [-0.15, -0.1) is 0 Å². The standard InChI is InChI=1S/C29H40O10/c1-16-9-23-28(12-19(16)31)14-36-26(34)10-17(2)20(32)13-35-21(18(3)30)7-5-6-8-25(33)39-22-11-24(38-23)29(15-37-29)27(22,28)4/h5-9,17-24,30-32H,10-15H2,1-4H3/b7-5-,8-6-/t17?,18-,19+,20?,21+,22-,23-,24-,27-,28-,29+/m1/s1. The molecule has 5 rings (SSSR count). The maximum absolute atomic E-state index is 13.1. The second-order valence-electron chi connectivity index (χ2n) is 12.1. The van der Waals surface area contributed by atoms with Crippen molar-refractivity contribution in [2.24, 2.45) is 16.7 Å². The SMILES string of the molecule is CC1=C[C@H]2O[C@@H]3C[C@H]4OC(=O)/C=C\C=C/[C@@H]([C@@H](C)O)OCC(O)C(C)CC(=O)OC[C@@]2(C[C@@H]1O)[C@]4(C)[C@]31CO1. The molecule has 10 heteroatoms. The van der Waals surface area contributed by atoms with Crippen molar-refractivity contribution < 1.29 is 48.6 Å². The molecule has 1 saturated carbocycles. The molecule has 3 heterocycles. The topological polar surface area (TPSA) is 144 Å². The van der Waals surface area contributed by atoms with Gasteiger partial charge in [-0.1, -0.05) is 38.2 Å². The van der Waals surface area contributed by atoms with Crippen molar-refractivity contribution in [3.05, 3.63) is 36.0 Å². The lowest BCUT2D eigenvalue weighted by Gasteiger charge is -2.58. The molecule has 3 N–H and O–H groups in total. The van der Waals surface area contributed by atoms with E-state index in [9.17, 15) is 24.9 Å². The summed E-state index contributed by atoms with van der Waals surface area (Å²) in [5.74, 6) is -1.53. The van der Waals surface area contributed by atoms with Crippen LogP contribution in [0, 0.1) is 16.7 Å². The molecule has 0 aromatic carbocycles. The molecular weight excluding hydrogens is 508 g/mol. The lowest BCUT2D eigenvalue weighted by atomic mass is 9.51. The summed E-state index contributed by atoms with van der Waals surface area (Å²) < 4.78 is 30.2. The van der Waals surface area contributed by atoms with Gasteiger partial charge in [-0.05, 0) is 31.8 Å². The van der Waals surface area contributed by atoms with Gasteiger partial charge in [-0.3, -0.25) is 4.79 Å². The van der Waals surface area contributed by atoms with E-state index in [1.807, 2.05) is 19.9 Å². The summed E-state index contributed by atoms with van der Waals surface area (Å²) in [6.45, 7) is 7.40. The molecule has 39 heavy (non-hydrogen) atoms. The first-order valence-electron chi connectivity index (χ1n) is 13.8. The lowest BCUT2D eigenvalue weighted by Crippen LogP contribution is -2.68. The van der Waals surface area contributed by atoms with Crippen LogP contribution >= 0.6 is 0 Å². The third kappa shape index (κ3) is 4.69. The van der Waals surface area contributed by atoms with E-state index in [2.05, 4.69) is 0 Å². The van der Waals surface area contributed by atoms with Gasteiger partial charge in [0.05, 0.1) is 55.6 Å². The molecular formula is C29H40O10. The Balaban J connectivity index is 1.52. The Bertz CT molecular complexity index is 1060. The Morgan fingerprint density at radius 2 is 1.87 bits per heavy atom. The van der Waals surface area contributed by atoms with E-state index < -0.39 is 70.9 Å². The number of carbonyl (C=O) groups excluding carboxylic acids is 2. The Labute approximate surface area is 228 Å². The van der Waals surface area contributed by atoms with Gasteiger partial charge < -0.3 is 39.0 Å². The molecule has 2 spiro atoms. The summed E-state index contributed by atoms with van der Waals surface area (Å²) in [4.78, 5) is 26.0. The molecule has 3 fully saturated rings. The third-order valence-corrected chi connectivity index (χ3v) is 9.79. The molecule has 3 aliphatic heterocycles. The fraction of sp³-hybridized carbons (Fsp3) is 0.724. The van der Waals surface area contributed by atoms with E-state index >= 15 is 0 Å². The van der Waals surface area contributed by atoms with Crippen molar-refractivity contribution in [3.8, 4) is 0 Å². The van der Waals surface area contributed by atoms with Gasteiger partial charge in [-0.2, -0.15) is 0 Å². The molecule has 0 amide bonds. The predicted octanol–water partition coefficient (Wildman–Crippen LogP) is 1.36. The molecule has 216 valence electrons. The number of cyclic esters (lactones) is 1. The van der Waals surface area contributed by atoms with Crippen molar-refractivity contribution in [1.82, 2.24) is 0 Å². The Kier molecular flexibility index (Phi) is 7.58. The fourth-order valence-electron chi connectivity index (χ4n) is 7.02. The van der Waals surface area contributed by atoms with Crippen LogP contribution in [-0.2, 0) is 33.3 Å². The summed E-state index contributed by atoms with van der Waals surface area (Å²) >= 11 is 0. The minimum Gasteiger partial charge on any atom is -0.465 e. The highest BCUT2D eigenvalue weighted by Crippen LogP contribution is 2.72. The Morgan fingerprint density at radius 1 is 1.13 bits per heavy atom. The van der Waals surface area contributed by atoms with Gasteiger partial charge in [0, 0.05) is 17.9 Å². The molecule has 0 aromatic rings. The number of aliphatic hydroxyl groups excluding tert-OH is 3. The van der Waals surface area contributed by atoms with Crippen molar-refractivity contribution in [2.75, 3.05) is 19.8 Å². The number of carbonyl (C=O) groups is 2. The summed E-state index contributed by atoms with van der Waals surface area (Å²) in [6, 6.07) is 0. The van der Waals surface area contributed by atoms with E-state index in [0.29, 0.717) is 13.0 Å². The number of esters is 2. The number of rotatable bonds is 1. The Morgan fingerprint density at radius 3 is 2.56 bits per heavy atom. The molecule has 2 aliphatic carbocycles. The average Bonchev–Trinajstić information content (AvgIpc) is 3.65. The average molecular weight is 549 g/mol. The smallest absolute Gasteiger partial charge is 0.331 e. The molecule has 2 unspecified atom stereocenters. The predicted molar refractivity (Wildman–Crippen MR) is 137 cm³/mol. The van der Waals surface area contributed by atoms with Crippen LogP contribution in [0.4, 0.5) is 0 Å². The second-order valence-corrected chi connectivity index (χ2v) is 12.1. The van der Waals surface area contributed by atoms with Gasteiger partial charge in [0.1, 0.15) is 24.4 Å². The normalized spacial score (nSPS) is 49.0. The van der Waals surface area contributed by atoms with Gasteiger partial charge in [-0.25, -0.2) is 4.79 Å². The number of hydrogen-bond donors (Lipinski definition) is 3. The fourth-order valence-corrected chi connectivity index (χ4v) is 7.02. The molecule has 5 aliphatic rings. The second kappa shape index (κ2) is 10.4. The monoisotopic (exact) mass is 548 g/mol. The maximum atomic E-state index is 13.1. The molecule has 0 aromatic heterocycles. The minimum atomic E-state index is -0.969. The number of hydrogen-bond acceptors (Lipinski definition) is 10. The van der Waals surface area contributed by atoms with Gasteiger partial charge in [0.2, 0.25) is 0 Å². The minimum absolute atomic E-state index is 0.0547. The largest absolute Gasteiger partial charge is 0.465 e. The zero-order valence-corrected chi connectivity index (χ0v) is 22.9. The molecule has 2 bridgehead atoms. The Hall–Kier alpha value is -2.08. The van der Waals surface area contributed by atoms with Crippen molar-refractivity contribution >= 4 is 11.9 Å². The highest BCUT2D eigenvalue weighted by atomic mass is 16.6. The van der Waals surface area contributed by atoms with Crippen LogP contribution < -0.4 is 0 Å². The first kappa shape index (κ1) is 28.4. The molecule has 0 radical (unpaired) electrons. The summed E-state index contributed by atoms with van der Waals surface area (Å²) in [5, 5.41) is 31.7. The van der Waals surface area contributed by atoms with E-state index in [1.54, 1.807) is 26.0 Å². The first-order valence-corrected chi connectivity index (χ1v) is 13.8. The summed E-state index contributed by atoms with van der Waals surface area (Å²) in [5.41, 5.74) is -1.66. The zero-order chi connectivity index (χ0) is 28.2. The molecule has 10 nitrogen and oxygen atoms in total. The van der Waals surface area contributed by atoms with Crippen molar-refractivity contribution in [1.29, 1.82) is 0 Å². The van der Waals surface area contributed by atoms with Crippen LogP contribution in [-0.4, -0.2) is 95.4 Å². The van der Waals surface area contributed by atoms with Crippen LogP contribution in [0.3, 0.4) is 0 Å². The lowest BCUT2D eigenvalue weighted by molar-refractivity contribution is -0.239. The molecule has 2 saturated heterocycles. The van der Waals surface area contributed by atoms with Crippen molar-refractivity contribution in [2.45, 2.75) is 95.3 Å². The number of allylic oxidation sites excluding steroid dienone is 2. The van der Waals surface area contributed by atoms with Crippen LogP contribution in [0.25, 0.3) is 0 Å². The number of aliphatic hydroxyl groups is 3. The van der Waals surface area contributed by atoms with Gasteiger partial charge in [0.15, 0.2) is 0 Å². The third-order valence-electron chi connectivity index (χ3n) is 9.79. The van der Waals surface area contributed by atoms with Gasteiger partial charge >= 0.3 is 11.9 Å². The quantitative estimate of drug-likeness (QED) is 0.250. The highest BCUT2D eigenvalue weighted by molar-refractivity contribution is 5.82. The van der Waals surface area contributed by atoms with Gasteiger partial charge in [0.25, 0.3) is 0 Å². The first-order chi connectivity index (χ1) is 18.4. The van der Waals surface area contributed by atoms with E-state index in [-0.39, 0.29) is 32.2 Å². The number of ether oxygens (including phenoxy) is 5.